The Labute approximate surface area is 523 Å². The first-order valence-corrected chi connectivity index (χ1v) is 30.9. The molecule has 486 valence electrons. The van der Waals surface area contributed by atoms with E-state index in [1.807, 2.05) is 0 Å². The number of hydrogen-bond donors (Lipinski definition) is 16. The minimum absolute atomic E-state index is 0.00744. The number of aliphatic hydroxyl groups is 1. The summed E-state index contributed by atoms with van der Waals surface area (Å²) in [6.07, 6.45) is -1.08. The lowest BCUT2D eigenvalue weighted by atomic mass is 9.97. The maximum absolute atomic E-state index is 15.1. The van der Waals surface area contributed by atoms with Gasteiger partial charge in [-0.15, -0.1) is 0 Å². The number of amides is 13. The Morgan fingerprint density at radius 1 is 0.625 bits per heavy atom. The normalized spacial score (nSPS) is 18.5. The average Bonchev–Trinajstić information content (AvgIpc) is 1.86. The van der Waals surface area contributed by atoms with Crippen LogP contribution in [-0.4, -0.2) is 195 Å². The fourth-order valence-electron chi connectivity index (χ4n) is 10.2. The zero-order valence-corrected chi connectivity index (χ0v) is 52.0. The molecule has 2 heterocycles. The van der Waals surface area contributed by atoms with Crippen LogP contribution in [0.15, 0.2) is 54.6 Å². The molecule has 88 heavy (non-hydrogen) atoms. The van der Waals surface area contributed by atoms with Crippen molar-refractivity contribution in [3.05, 3.63) is 65.7 Å². The van der Waals surface area contributed by atoms with E-state index in [1.165, 1.54) is 34.1 Å². The number of nitrogens with one attached hydrogen (secondary N) is 9. The molecule has 0 radical (unpaired) electrons. The van der Waals surface area contributed by atoms with Crippen molar-refractivity contribution in [3.8, 4) is 5.75 Å². The number of carbonyl (C=O) groups excluding carboxylic acids is 12. The number of aromatic hydroxyl groups is 1. The van der Waals surface area contributed by atoms with Crippen LogP contribution in [0.4, 0.5) is 4.79 Å². The summed E-state index contributed by atoms with van der Waals surface area (Å²) < 4.78 is 0. The monoisotopic (exact) mass is 1270 g/mol. The Hall–Kier alpha value is -7.70. The van der Waals surface area contributed by atoms with Gasteiger partial charge in [0.15, 0.2) is 0 Å². The highest BCUT2D eigenvalue weighted by Gasteiger charge is 2.47. The number of hydrogen-bond acceptors (Lipinski definition) is 17. The van der Waals surface area contributed by atoms with E-state index in [9.17, 15) is 63.0 Å². The number of aliphatic hydroxyl groups excluding tert-OH is 1. The molecule has 0 spiro atoms. The van der Waals surface area contributed by atoms with Crippen LogP contribution < -0.4 is 65.1 Å². The van der Waals surface area contributed by atoms with E-state index in [2.05, 4.69) is 73.1 Å². The molecule has 0 saturated carbocycles. The van der Waals surface area contributed by atoms with Crippen molar-refractivity contribution in [1.82, 2.24) is 57.7 Å². The number of likely N-dealkylation sites (tertiary alicyclic amines) is 2. The number of β-amino-alcohol motifs (C(OH)–C–C–N with tert-alkyl or cyclic N) is 1. The van der Waals surface area contributed by atoms with Crippen LogP contribution in [0, 0.1) is 5.92 Å². The Morgan fingerprint density at radius 2 is 1.18 bits per heavy atom. The molecule has 2 aliphatic rings. The maximum Gasteiger partial charge on any atom is 0.312 e. The largest absolute Gasteiger partial charge is 0.508 e. The Kier molecular flexibility index (Phi) is 30.2. The van der Waals surface area contributed by atoms with Gasteiger partial charge in [-0.05, 0) is 74.6 Å². The van der Waals surface area contributed by atoms with Crippen LogP contribution in [0.3, 0.4) is 0 Å². The van der Waals surface area contributed by atoms with Crippen molar-refractivity contribution >= 4 is 96.3 Å². The number of nitrogens with two attached hydrogens (primary N) is 3. The third-order valence-corrected chi connectivity index (χ3v) is 16.0. The quantitative estimate of drug-likeness (QED) is 0.0249. The van der Waals surface area contributed by atoms with Gasteiger partial charge in [-0.1, -0.05) is 76.1 Å². The second kappa shape index (κ2) is 36.6. The first kappa shape index (κ1) is 72.8. The summed E-state index contributed by atoms with van der Waals surface area (Å²) in [7, 11) is 0. The predicted molar refractivity (Wildman–Crippen MR) is 330 cm³/mol. The first-order valence-electron chi connectivity index (χ1n) is 29.7. The molecule has 17 N–H and O–H groups in total. The van der Waals surface area contributed by atoms with Crippen molar-refractivity contribution < 1.29 is 67.7 Å². The molecule has 28 nitrogen and oxygen atoms in total. The van der Waals surface area contributed by atoms with Crippen molar-refractivity contribution in [2.45, 2.75) is 171 Å². The van der Waals surface area contributed by atoms with E-state index >= 15 is 4.79 Å². The number of thiol groups is 2. The Balaban J connectivity index is 1.64. The fourth-order valence-corrected chi connectivity index (χ4v) is 10.6. The van der Waals surface area contributed by atoms with Gasteiger partial charge < -0.3 is 85.1 Å². The minimum Gasteiger partial charge on any atom is -0.508 e. The van der Waals surface area contributed by atoms with Gasteiger partial charge in [0.25, 0.3) is 0 Å². The van der Waals surface area contributed by atoms with Crippen molar-refractivity contribution in [2.75, 3.05) is 37.7 Å². The summed E-state index contributed by atoms with van der Waals surface area (Å²) in [5, 5.41) is 44.8. The number of carbonyl (C=O) groups is 12. The van der Waals surface area contributed by atoms with Gasteiger partial charge >= 0.3 is 6.03 Å². The minimum atomic E-state index is -1.57. The predicted octanol–water partition coefficient (Wildman–Crippen LogP) is -2.59. The molecule has 2 saturated heterocycles. The summed E-state index contributed by atoms with van der Waals surface area (Å²) in [6.45, 7) is 7.10. The van der Waals surface area contributed by atoms with Gasteiger partial charge in [0.05, 0.1) is 12.1 Å². The molecule has 0 aromatic heterocycles. The van der Waals surface area contributed by atoms with Crippen molar-refractivity contribution in [1.29, 1.82) is 0 Å². The third kappa shape index (κ3) is 22.5. The van der Waals surface area contributed by atoms with Crippen LogP contribution in [0.1, 0.15) is 103 Å². The second-order valence-electron chi connectivity index (χ2n) is 22.0. The Morgan fingerprint density at radius 3 is 1.77 bits per heavy atom. The van der Waals surface area contributed by atoms with Crippen LogP contribution in [0.2, 0.25) is 0 Å². The first-order chi connectivity index (χ1) is 41.8. The number of nitrogens with zero attached hydrogens (tertiary/aromatic N) is 2. The molecule has 2 aromatic carbocycles. The summed E-state index contributed by atoms with van der Waals surface area (Å²) in [4.78, 5) is 167. The molecule has 2 fully saturated rings. The molecule has 0 unspecified atom stereocenters. The number of likely N-dealkylation sites (N-methyl/N-ethyl adjacent to an activating group) is 1. The second-order valence-corrected chi connectivity index (χ2v) is 22.7. The molecule has 0 bridgehead atoms. The molecule has 2 aromatic rings. The standard InChI is InChI=1S/C58H88N14O14S2/c1-5-13-38(50(78)69-43(31-88)49(77)62-7-3)66-55(83)47(32(4)6-2)70-54(82)45-28-36(74)29-72(45)57(85)44-17-12-25-71(44)56(84)42(27-33-14-9-8-10-15-33)68-53(81)41(26-34-18-20-35(73)21-19-34)67-52(80)40(22-23-46(60)75)65-51(79)39(16-11-24-63-58(61)86)64-48(76)37(59)30-87/h8-10,14-15,18-21,32,36-45,47,73-74,87-88H,5-7,11-13,16-17,22-31,59H2,1-4H3,(H2,60,75)(H,62,77)(H,64,76)(H,65,79)(H,66,83)(H,67,80)(H,68,81)(H,69,78)(H,70,82)(H3,61,63,86)/t32-,36+,37-,38-,39-,40-,41-,42-,43-,44-,45-,47-/m0/s1. The number of primary amides is 2. The smallest absolute Gasteiger partial charge is 0.312 e. The lowest BCUT2D eigenvalue weighted by Gasteiger charge is -2.34. The van der Waals surface area contributed by atoms with Gasteiger partial charge in [-0.3, -0.25) is 52.7 Å². The highest BCUT2D eigenvalue weighted by Crippen LogP contribution is 2.27. The van der Waals surface area contributed by atoms with Gasteiger partial charge in [0, 0.05) is 63.4 Å². The van der Waals surface area contributed by atoms with Crippen molar-refractivity contribution in [3.63, 3.8) is 0 Å². The molecule has 2 aliphatic heterocycles. The summed E-state index contributed by atoms with van der Waals surface area (Å²) in [6, 6.07) is 0.617. The third-order valence-electron chi connectivity index (χ3n) is 15.2. The highest BCUT2D eigenvalue weighted by atomic mass is 32.1. The van der Waals surface area contributed by atoms with E-state index in [0.717, 1.165) is 0 Å². The van der Waals surface area contributed by atoms with E-state index < -0.39 is 150 Å². The van der Waals surface area contributed by atoms with Crippen LogP contribution in [0.5, 0.6) is 5.75 Å². The van der Waals surface area contributed by atoms with Gasteiger partial charge in [-0.25, -0.2) is 4.79 Å². The number of phenolic OH excluding ortho intramolecular Hbond substituents is 1. The van der Waals surface area contributed by atoms with Gasteiger partial charge in [-0.2, -0.15) is 25.3 Å². The summed E-state index contributed by atoms with van der Waals surface area (Å²) in [5.41, 5.74) is 17.5. The zero-order chi connectivity index (χ0) is 65.2. The lowest BCUT2D eigenvalue weighted by Crippen LogP contribution is -2.61. The number of benzene rings is 2. The average molecular weight is 1270 g/mol. The van der Waals surface area contributed by atoms with E-state index in [-0.39, 0.29) is 88.3 Å². The van der Waals surface area contributed by atoms with E-state index in [0.29, 0.717) is 36.9 Å². The molecule has 12 atom stereocenters. The summed E-state index contributed by atoms with van der Waals surface area (Å²) in [5.74, 6) is -9.06. The topological polar surface area (TPSA) is 438 Å². The molecule has 0 aliphatic carbocycles. The number of urea groups is 1. The molecule has 30 heteroatoms. The molecule has 4 rings (SSSR count). The number of rotatable bonds is 35. The van der Waals surface area contributed by atoms with Gasteiger partial charge in [0.1, 0.15) is 60.1 Å². The van der Waals surface area contributed by atoms with Crippen LogP contribution >= 0.6 is 25.3 Å². The SMILES string of the molecule is CCC[C@H](NC(=O)[C@@H](NC(=O)[C@@H]1C[C@@H](O)CN1C(=O)[C@@H]1CCCN1C(=O)[C@H](Cc1ccccc1)NC(=O)[C@H](Cc1ccc(O)cc1)NC(=O)[C@H](CCC(N)=O)NC(=O)[C@H](CCCNC(N)=O)NC(=O)[C@@H](N)CS)[C@@H](C)CC)C(=O)N[C@@H](CS)C(=O)NCC. The van der Waals surface area contributed by atoms with Gasteiger partial charge in [0.2, 0.25) is 65.0 Å². The van der Waals surface area contributed by atoms with E-state index in [1.54, 1.807) is 58.0 Å². The van der Waals surface area contributed by atoms with Crippen LogP contribution in [0.25, 0.3) is 0 Å². The molecular weight excluding hydrogens is 1180 g/mol. The molecular formula is C58H88N14O14S2. The zero-order valence-electron chi connectivity index (χ0n) is 50.2. The Bertz CT molecular complexity index is 2730. The molecule has 13 amide bonds. The van der Waals surface area contributed by atoms with Crippen LogP contribution in [-0.2, 0) is 65.6 Å². The summed E-state index contributed by atoms with van der Waals surface area (Å²) >= 11 is 8.26. The lowest BCUT2D eigenvalue weighted by molar-refractivity contribution is -0.148. The van der Waals surface area contributed by atoms with Crippen molar-refractivity contribution in [2.24, 2.45) is 23.1 Å². The van der Waals surface area contributed by atoms with E-state index in [4.69, 9.17) is 17.2 Å². The highest BCUT2D eigenvalue weighted by molar-refractivity contribution is 7.80. The fraction of sp³-hybridized carbons (Fsp3) is 0.586. The number of phenols is 1. The maximum atomic E-state index is 15.1.